The van der Waals surface area contributed by atoms with Gasteiger partial charge >= 0.3 is 0 Å². The fourth-order valence-corrected chi connectivity index (χ4v) is 4.37. The lowest BCUT2D eigenvalue weighted by atomic mass is 9.76. The lowest BCUT2D eigenvalue weighted by molar-refractivity contribution is -0.135. The van der Waals surface area contributed by atoms with Gasteiger partial charge in [0.05, 0.1) is 0 Å². The first-order valence-corrected chi connectivity index (χ1v) is 7.82. The standard InChI is InChI=1S/C16H24N2O2/c1-17-14(19)13-7-4-8-16(13)9-10-18(11-16)15(20)12-5-2-3-6-12/h2-3,12-13H,4-11H2,1H3,(H,17,19)/t13-,16-/m0/s1. The molecule has 2 fully saturated rings. The van der Waals surface area contributed by atoms with Crippen molar-refractivity contribution in [2.45, 2.75) is 38.5 Å². The minimum Gasteiger partial charge on any atom is -0.359 e. The van der Waals surface area contributed by atoms with E-state index in [4.69, 9.17) is 0 Å². The Morgan fingerprint density at radius 3 is 2.70 bits per heavy atom. The molecule has 4 heteroatoms. The summed E-state index contributed by atoms with van der Waals surface area (Å²) < 4.78 is 0. The summed E-state index contributed by atoms with van der Waals surface area (Å²) >= 11 is 0. The third-order valence-electron chi connectivity index (χ3n) is 5.52. The molecule has 0 bridgehead atoms. The van der Waals surface area contributed by atoms with Gasteiger partial charge in [-0.15, -0.1) is 0 Å². The van der Waals surface area contributed by atoms with Gasteiger partial charge < -0.3 is 10.2 Å². The first-order chi connectivity index (χ1) is 9.66. The van der Waals surface area contributed by atoms with Crippen molar-refractivity contribution in [2.75, 3.05) is 20.1 Å². The number of hydrogen-bond acceptors (Lipinski definition) is 2. The van der Waals surface area contributed by atoms with Gasteiger partial charge in [-0.05, 0) is 32.1 Å². The predicted octanol–water partition coefficient (Wildman–Crippen LogP) is 1.72. The van der Waals surface area contributed by atoms with Crippen molar-refractivity contribution in [3.8, 4) is 0 Å². The Kier molecular flexibility index (Phi) is 3.57. The molecule has 20 heavy (non-hydrogen) atoms. The van der Waals surface area contributed by atoms with Crippen LogP contribution in [-0.2, 0) is 9.59 Å². The van der Waals surface area contributed by atoms with Gasteiger partial charge in [0.2, 0.25) is 11.8 Å². The molecule has 1 heterocycles. The third kappa shape index (κ3) is 2.15. The molecule has 0 aromatic rings. The van der Waals surface area contributed by atoms with Gasteiger partial charge in [0.15, 0.2) is 0 Å². The molecule has 0 aromatic carbocycles. The van der Waals surface area contributed by atoms with Crippen molar-refractivity contribution in [3.63, 3.8) is 0 Å². The number of amides is 2. The zero-order valence-corrected chi connectivity index (χ0v) is 12.2. The first kappa shape index (κ1) is 13.7. The molecule has 4 nitrogen and oxygen atoms in total. The van der Waals surface area contributed by atoms with Crippen molar-refractivity contribution < 1.29 is 9.59 Å². The number of allylic oxidation sites excluding steroid dienone is 2. The first-order valence-electron chi connectivity index (χ1n) is 7.82. The maximum atomic E-state index is 12.5. The van der Waals surface area contributed by atoms with Gasteiger partial charge in [0.1, 0.15) is 0 Å². The van der Waals surface area contributed by atoms with Crippen LogP contribution in [0.1, 0.15) is 38.5 Å². The van der Waals surface area contributed by atoms with Gasteiger partial charge in [0, 0.05) is 37.4 Å². The van der Waals surface area contributed by atoms with Crippen LogP contribution in [0.4, 0.5) is 0 Å². The molecule has 0 radical (unpaired) electrons. The Bertz CT molecular complexity index is 438. The smallest absolute Gasteiger partial charge is 0.226 e. The van der Waals surface area contributed by atoms with Crippen LogP contribution in [0.15, 0.2) is 12.2 Å². The highest BCUT2D eigenvalue weighted by Gasteiger charge is 2.51. The summed E-state index contributed by atoms with van der Waals surface area (Å²) in [5.41, 5.74) is 0.0573. The predicted molar refractivity (Wildman–Crippen MR) is 76.9 cm³/mol. The number of nitrogens with one attached hydrogen (secondary N) is 1. The maximum Gasteiger partial charge on any atom is 0.226 e. The fourth-order valence-electron chi connectivity index (χ4n) is 4.37. The summed E-state index contributed by atoms with van der Waals surface area (Å²) in [6.07, 6.45) is 10.2. The topological polar surface area (TPSA) is 49.4 Å². The van der Waals surface area contributed by atoms with Crippen LogP contribution < -0.4 is 5.32 Å². The van der Waals surface area contributed by atoms with E-state index >= 15 is 0 Å². The molecule has 2 aliphatic carbocycles. The van der Waals surface area contributed by atoms with Crippen molar-refractivity contribution >= 4 is 11.8 Å². The molecule has 0 aromatic heterocycles. The van der Waals surface area contributed by atoms with Crippen molar-refractivity contribution in [3.05, 3.63) is 12.2 Å². The summed E-state index contributed by atoms with van der Waals surface area (Å²) in [4.78, 5) is 26.6. The highest BCUT2D eigenvalue weighted by molar-refractivity contribution is 5.82. The maximum absolute atomic E-state index is 12.5. The Morgan fingerprint density at radius 1 is 1.25 bits per heavy atom. The van der Waals surface area contributed by atoms with E-state index in [-0.39, 0.29) is 23.2 Å². The number of carbonyl (C=O) groups is 2. The van der Waals surface area contributed by atoms with Crippen molar-refractivity contribution in [1.29, 1.82) is 0 Å². The van der Waals surface area contributed by atoms with E-state index in [9.17, 15) is 9.59 Å². The minimum absolute atomic E-state index is 0.0573. The lowest BCUT2D eigenvalue weighted by Gasteiger charge is -2.30. The number of carbonyl (C=O) groups excluding carboxylic acids is 2. The fraction of sp³-hybridized carbons (Fsp3) is 0.750. The van der Waals surface area contributed by atoms with Crippen LogP contribution in [0, 0.1) is 17.3 Å². The van der Waals surface area contributed by atoms with E-state index < -0.39 is 0 Å². The second-order valence-electron chi connectivity index (χ2n) is 6.57. The van der Waals surface area contributed by atoms with Crippen LogP contribution in [-0.4, -0.2) is 36.9 Å². The summed E-state index contributed by atoms with van der Waals surface area (Å²) in [6.45, 7) is 1.63. The van der Waals surface area contributed by atoms with Gasteiger partial charge in [-0.1, -0.05) is 18.6 Å². The third-order valence-corrected chi connectivity index (χ3v) is 5.52. The molecule has 1 N–H and O–H groups in total. The van der Waals surface area contributed by atoms with Crippen LogP contribution in [0.25, 0.3) is 0 Å². The zero-order chi connectivity index (χ0) is 14.2. The molecule has 3 aliphatic rings. The monoisotopic (exact) mass is 276 g/mol. The van der Waals surface area contributed by atoms with Crippen LogP contribution in [0.5, 0.6) is 0 Å². The van der Waals surface area contributed by atoms with Gasteiger partial charge in [-0.2, -0.15) is 0 Å². The van der Waals surface area contributed by atoms with Crippen molar-refractivity contribution in [1.82, 2.24) is 10.2 Å². The normalized spacial score (nSPS) is 33.2. The Labute approximate surface area is 120 Å². The average molecular weight is 276 g/mol. The van der Waals surface area contributed by atoms with Gasteiger partial charge in [-0.25, -0.2) is 0 Å². The summed E-state index contributed by atoms with van der Waals surface area (Å²) in [6, 6.07) is 0. The van der Waals surface area contributed by atoms with Crippen LogP contribution in [0.3, 0.4) is 0 Å². The minimum atomic E-state index is 0.0573. The molecule has 2 atom stereocenters. The van der Waals surface area contributed by atoms with Gasteiger partial charge in [-0.3, -0.25) is 9.59 Å². The summed E-state index contributed by atoms with van der Waals surface area (Å²) in [5, 5.41) is 2.80. The molecule has 2 amide bonds. The molecule has 1 aliphatic heterocycles. The average Bonchev–Trinajstić information content (AvgIpc) is 3.19. The van der Waals surface area contributed by atoms with Crippen LogP contribution >= 0.6 is 0 Å². The number of nitrogens with zero attached hydrogens (tertiary/aromatic N) is 1. The van der Waals surface area contributed by atoms with E-state index in [1.54, 1.807) is 7.05 Å². The summed E-state index contributed by atoms with van der Waals surface area (Å²) in [5.74, 6) is 0.728. The highest BCUT2D eigenvalue weighted by atomic mass is 16.2. The number of hydrogen-bond donors (Lipinski definition) is 1. The van der Waals surface area contributed by atoms with E-state index in [0.29, 0.717) is 5.91 Å². The molecule has 1 saturated carbocycles. The zero-order valence-electron chi connectivity index (χ0n) is 12.2. The molecule has 3 rings (SSSR count). The van der Waals surface area contributed by atoms with E-state index in [1.807, 2.05) is 4.90 Å². The molecule has 0 unspecified atom stereocenters. The largest absolute Gasteiger partial charge is 0.359 e. The van der Waals surface area contributed by atoms with Crippen molar-refractivity contribution in [2.24, 2.45) is 17.3 Å². The molecule has 1 saturated heterocycles. The number of rotatable bonds is 2. The molecular weight excluding hydrogens is 252 g/mol. The summed E-state index contributed by atoms with van der Waals surface area (Å²) in [7, 11) is 1.72. The molecular formula is C16H24N2O2. The Balaban J connectivity index is 1.69. The number of likely N-dealkylation sites (tertiary alicyclic amines) is 1. The lowest BCUT2D eigenvalue weighted by Crippen LogP contribution is -2.41. The van der Waals surface area contributed by atoms with E-state index in [1.165, 1.54) is 0 Å². The quantitative estimate of drug-likeness (QED) is 0.781. The van der Waals surface area contributed by atoms with Gasteiger partial charge in [0.25, 0.3) is 0 Å². The Morgan fingerprint density at radius 2 is 2.00 bits per heavy atom. The second-order valence-corrected chi connectivity index (χ2v) is 6.57. The molecule has 1 spiro atoms. The van der Waals surface area contributed by atoms with E-state index in [0.717, 1.165) is 51.6 Å². The van der Waals surface area contributed by atoms with Crippen LogP contribution in [0.2, 0.25) is 0 Å². The Hall–Kier alpha value is -1.32. The molecule has 110 valence electrons. The highest BCUT2D eigenvalue weighted by Crippen LogP contribution is 2.50. The SMILES string of the molecule is CNC(=O)[C@@H]1CCC[C@@]12CCN(C(=O)C1CC=CC1)C2. The van der Waals surface area contributed by atoms with E-state index in [2.05, 4.69) is 17.5 Å². The second kappa shape index (κ2) is 5.23.